The van der Waals surface area contributed by atoms with Gasteiger partial charge in [0, 0.05) is 12.2 Å². The summed E-state index contributed by atoms with van der Waals surface area (Å²) >= 11 is 11.8. The van der Waals surface area contributed by atoms with E-state index in [1.165, 1.54) is 4.90 Å². The molecule has 2 rings (SSSR count). The zero-order valence-corrected chi connectivity index (χ0v) is 12.1. The third-order valence-electron chi connectivity index (χ3n) is 3.30. The fraction of sp³-hybridized carbons (Fsp3) is 0.357. The highest BCUT2D eigenvalue weighted by molar-refractivity contribution is 6.42. The topological polar surface area (TPSA) is 61.2 Å². The maximum absolute atomic E-state index is 12.4. The van der Waals surface area contributed by atoms with Crippen molar-refractivity contribution < 1.29 is 9.59 Å². The summed E-state index contributed by atoms with van der Waals surface area (Å²) in [5.74, 6) is -1.31. The molecule has 0 spiro atoms. The third-order valence-corrected chi connectivity index (χ3v) is 4.03. The summed E-state index contributed by atoms with van der Waals surface area (Å²) in [6.45, 7) is 0.535. The summed E-state index contributed by atoms with van der Waals surface area (Å²) in [6.07, 6.45) is 0.983. The molecule has 1 fully saturated rings. The Kier molecular flexibility index (Phi) is 4.64. The van der Waals surface area contributed by atoms with Gasteiger partial charge in [0.1, 0.15) is 0 Å². The SMILES string of the molecule is N#CCC(=O)C1CCCN(c2ccc(Cl)c(Cl)c2)C1=O. The molecule has 0 aromatic heterocycles. The number of rotatable bonds is 3. The first-order valence-corrected chi connectivity index (χ1v) is 6.96. The highest BCUT2D eigenvalue weighted by Gasteiger charge is 2.34. The molecule has 1 aromatic rings. The predicted octanol–water partition coefficient (Wildman–Crippen LogP) is 3.22. The van der Waals surface area contributed by atoms with E-state index in [1.807, 2.05) is 0 Å². The van der Waals surface area contributed by atoms with E-state index in [0.717, 1.165) is 0 Å². The van der Waals surface area contributed by atoms with Gasteiger partial charge in [0.05, 0.1) is 28.5 Å². The molecule has 6 heteroatoms. The first-order valence-electron chi connectivity index (χ1n) is 6.20. The van der Waals surface area contributed by atoms with Crippen molar-refractivity contribution in [1.29, 1.82) is 5.26 Å². The van der Waals surface area contributed by atoms with Crippen LogP contribution in [0.3, 0.4) is 0 Å². The number of hydrogen-bond acceptors (Lipinski definition) is 3. The number of anilines is 1. The molecule has 0 aliphatic carbocycles. The molecule has 1 amide bonds. The zero-order chi connectivity index (χ0) is 14.7. The monoisotopic (exact) mass is 310 g/mol. The van der Waals surface area contributed by atoms with Gasteiger partial charge in [-0.2, -0.15) is 5.26 Å². The molecule has 0 N–H and O–H groups in total. The van der Waals surface area contributed by atoms with Gasteiger partial charge >= 0.3 is 0 Å². The van der Waals surface area contributed by atoms with Crippen LogP contribution >= 0.6 is 23.2 Å². The van der Waals surface area contributed by atoms with Crippen molar-refractivity contribution in [2.75, 3.05) is 11.4 Å². The second-order valence-corrected chi connectivity index (χ2v) is 5.40. The quantitative estimate of drug-likeness (QED) is 0.805. The molecule has 1 saturated heterocycles. The molecule has 1 atom stereocenters. The normalized spacial score (nSPS) is 18.8. The molecular formula is C14H12Cl2N2O2. The number of nitriles is 1. The van der Waals surface area contributed by atoms with Crippen LogP contribution in [0.4, 0.5) is 5.69 Å². The van der Waals surface area contributed by atoms with Crippen LogP contribution < -0.4 is 4.90 Å². The number of benzene rings is 1. The van der Waals surface area contributed by atoms with Crippen molar-refractivity contribution in [1.82, 2.24) is 0 Å². The molecule has 0 radical (unpaired) electrons. The van der Waals surface area contributed by atoms with E-state index >= 15 is 0 Å². The molecule has 0 saturated carbocycles. The molecule has 1 aromatic carbocycles. The van der Waals surface area contributed by atoms with Crippen molar-refractivity contribution >= 4 is 40.6 Å². The number of piperidine rings is 1. The van der Waals surface area contributed by atoms with Gasteiger partial charge in [0.15, 0.2) is 5.78 Å². The number of nitrogens with zero attached hydrogens (tertiary/aromatic N) is 2. The number of halogens is 2. The van der Waals surface area contributed by atoms with Crippen LogP contribution in [-0.4, -0.2) is 18.2 Å². The number of carbonyl (C=O) groups excluding carboxylic acids is 2. The van der Waals surface area contributed by atoms with Crippen molar-refractivity contribution in [3.8, 4) is 6.07 Å². The molecule has 1 aliphatic heterocycles. The molecule has 1 aliphatic rings. The van der Waals surface area contributed by atoms with Gasteiger partial charge in [0.2, 0.25) is 5.91 Å². The van der Waals surface area contributed by atoms with E-state index < -0.39 is 5.92 Å². The van der Waals surface area contributed by atoms with Crippen LogP contribution in [0.25, 0.3) is 0 Å². The predicted molar refractivity (Wildman–Crippen MR) is 76.8 cm³/mol. The second kappa shape index (κ2) is 6.25. The van der Waals surface area contributed by atoms with Crippen LogP contribution in [0, 0.1) is 17.2 Å². The van der Waals surface area contributed by atoms with Crippen molar-refractivity contribution in [2.24, 2.45) is 5.92 Å². The Bertz CT molecular complexity index is 595. The van der Waals surface area contributed by atoms with E-state index in [2.05, 4.69) is 0 Å². The summed E-state index contributed by atoms with van der Waals surface area (Å²) < 4.78 is 0. The average Bonchev–Trinajstić information content (AvgIpc) is 2.42. The average molecular weight is 311 g/mol. The summed E-state index contributed by atoms with van der Waals surface area (Å²) in [4.78, 5) is 25.7. The minimum Gasteiger partial charge on any atom is -0.312 e. The summed E-state index contributed by atoms with van der Waals surface area (Å²) in [6, 6.07) is 6.72. The maximum Gasteiger partial charge on any atom is 0.237 e. The molecule has 20 heavy (non-hydrogen) atoms. The Morgan fingerprint density at radius 1 is 1.40 bits per heavy atom. The lowest BCUT2D eigenvalue weighted by Gasteiger charge is -2.31. The van der Waals surface area contributed by atoms with Gasteiger partial charge in [-0.15, -0.1) is 0 Å². The van der Waals surface area contributed by atoms with E-state index in [4.69, 9.17) is 28.5 Å². The third kappa shape index (κ3) is 2.95. The van der Waals surface area contributed by atoms with E-state index in [1.54, 1.807) is 24.3 Å². The lowest BCUT2D eigenvalue weighted by Crippen LogP contribution is -2.44. The number of Topliss-reactive ketones (excluding diaryl/α,β-unsaturated/α-hetero) is 1. The summed E-state index contributed by atoms with van der Waals surface area (Å²) in [5, 5.41) is 9.35. The molecule has 1 heterocycles. The lowest BCUT2D eigenvalue weighted by atomic mass is 9.91. The lowest BCUT2D eigenvalue weighted by molar-refractivity contribution is -0.133. The van der Waals surface area contributed by atoms with Gasteiger partial charge in [-0.3, -0.25) is 9.59 Å². The van der Waals surface area contributed by atoms with Crippen LogP contribution in [-0.2, 0) is 9.59 Å². The smallest absolute Gasteiger partial charge is 0.237 e. The molecular weight excluding hydrogens is 299 g/mol. The number of ketones is 1. The summed E-state index contributed by atoms with van der Waals surface area (Å²) in [5.41, 5.74) is 0.624. The fourth-order valence-electron chi connectivity index (χ4n) is 2.28. The van der Waals surface area contributed by atoms with Gasteiger partial charge in [-0.25, -0.2) is 0 Å². The van der Waals surface area contributed by atoms with Gasteiger partial charge < -0.3 is 4.90 Å². The molecule has 104 valence electrons. The Hall–Kier alpha value is -1.57. The first-order chi connectivity index (χ1) is 9.54. The molecule has 0 bridgehead atoms. The van der Waals surface area contributed by atoms with Crippen molar-refractivity contribution in [3.05, 3.63) is 28.2 Å². The molecule has 4 nitrogen and oxygen atoms in total. The van der Waals surface area contributed by atoms with Crippen LogP contribution in [0.5, 0.6) is 0 Å². The van der Waals surface area contributed by atoms with Crippen molar-refractivity contribution in [3.63, 3.8) is 0 Å². The minimum atomic E-state index is -0.724. The van der Waals surface area contributed by atoms with Gasteiger partial charge in [-0.05, 0) is 31.0 Å². The van der Waals surface area contributed by atoms with Crippen LogP contribution in [0.1, 0.15) is 19.3 Å². The maximum atomic E-state index is 12.4. The second-order valence-electron chi connectivity index (χ2n) is 4.58. The highest BCUT2D eigenvalue weighted by atomic mass is 35.5. The zero-order valence-electron chi connectivity index (χ0n) is 10.6. The Morgan fingerprint density at radius 3 is 2.80 bits per heavy atom. The standard InChI is InChI=1S/C14H12Cl2N2O2/c15-11-4-3-9(8-12(11)16)18-7-1-2-10(14(18)20)13(19)5-6-17/h3-4,8,10H,1-2,5,7H2. The molecule has 1 unspecified atom stereocenters. The van der Waals surface area contributed by atoms with E-state index in [9.17, 15) is 9.59 Å². The highest BCUT2D eigenvalue weighted by Crippen LogP contribution is 2.30. The Labute approximate surface area is 126 Å². The Balaban J connectivity index is 2.24. The van der Waals surface area contributed by atoms with Gasteiger partial charge in [-0.1, -0.05) is 23.2 Å². The summed E-state index contributed by atoms with van der Waals surface area (Å²) in [7, 11) is 0. The fourth-order valence-corrected chi connectivity index (χ4v) is 2.58. The number of amides is 1. The van der Waals surface area contributed by atoms with E-state index in [-0.39, 0.29) is 18.1 Å². The van der Waals surface area contributed by atoms with E-state index in [0.29, 0.717) is 35.1 Å². The van der Waals surface area contributed by atoms with Crippen molar-refractivity contribution in [2.45, 2.75) is 19.3 Å². The van der Waals surface area contributed by atoms with Crippen LogP contribution in [0.2, 0.25) is 10.0 Å². The largest absolute Gasteiger partial charge is 0.312 e. The number of carbonyl (C=O) groups is 2. The van der Waals surface area contributed by atoms with Crippen LogP contribution in [0.15, 0.2) is 18.2 Å². The minimum absolute atomic E-state index is 0.231. The number of hydrogen-bond donors (Lipinski definition) is 0. The first kappa shape index (κ1) is 14.8. The van der Waals surface area contributed by atoms with Gasteiger partial charge in [0.25, 0.3) is 0 Å². The Morgan fingerprint density at radius 2 is 2.15 bits per heavy atom.